The third-order valence-electron chi connectivity index (χ3n) is 3.95. The van der Waals surface area contributed by atoms with Gasteiger partial charge in [-0.3, -0.25) is 4.90 Å². The van der Waals surface area contributed by atoms with Crippen LogP contribution < -0.4 is 5.32 Å². The molecule has 1 rings (SSSR count). The summed E-state index contributed by atoms with van der Waals surface area (Å²) >= 11 is 2.05. The van der Waals surface area contributed by atoms with E-state index in [1.807, 2.05) is 11.8 Å². The van der Waals surface area contributed by atoms with Crippen molar-refractivity contribution in [1.82, 2.24) is 10.2 Å². The highest BCUT2D eigenvalue weighted by atomic mass is 32.2. The molecular weight excluding hydrogens is 240 g/mol. The van der Waals surface area contributed by atoms with Gasteiger partial charge < -0.3 is 5.32 Å². The van der Waals surface area contributed by atoms with Gasteiger partial charge in [-0.05, 0) is 50.6 Å². The first-order chi connectivity index (χ1) is 8.54. The molecule has 18 heavy (non-hydrogen) atoms. The predicted octanol–water partition coefficient (Wildman–Crippen LogP) is 3.08. The third-order valence-corrected chi connectivity index (χ3v) is 5.09. The van der Waals surface area contributed by atoms with E-state index in [1.165, 1.54) is 25.9 Å². The molecule has 0 radical (unpaired) electrons. The van der Waals surface area contributed by atoms with Crippen LogP contribution in [0.1, 0.15) is 40.5 Å². The first kappa shape index (κ1) is 16.3. The van der Waals surface area contributed by atoms with Crippen LogP contribution in [0.25, 0.3) is 0 Å². The van der Waals surface area contributed by atoms with Crippen LogP contribution in [0.4, 0.5) is 0 Å². The molecule has 1 unspecified atom stereocenters. The molecule has 0 spiro atoms. The molecule has 1 atom stereocenters. The fourth-order valence-electron chi connectivity index (χ4n) is 2.75. The molecule has 3 heteroatoms. The van der Waals surface area contributed by atoms with Crippen LogP contribution in [0.3, 0.4) is 0 Å². The monoisotopic (exact) mass is 272 g/mol. The van der Waals surface area contributed by atoms with Gasteiger partial charge in [-0.15, -0.1) is 0 Å². The zero-order valence-corrected chi connectivity index (χ0v) is 13.7. The molecule has 0 aliphatic carbocycles. The number of likely N-dealkylation sites (tertiary alicyclic amines) is 1. The van der Waals surface area contributed by atoms with Gasteiger partial charge in [0.15, 0.2) is 0 Å². The molecule has 1 N–H and O–H groups in total. The molecule has 0 bridgehead atoms. The Morgan fingerprint density at radius 2 is 1.72 bits per heavy atom. The molecule has 0 saturated carbocycles. The van der Waals surface area contributed by atoms with Crippen molar-refractivity contribution >= 4 is 11.8 Å². The number of hydrogen-bond donors (Lipinski definition) is 1. The topological polar surface area (TPSA) is 15.3 Å². The summed E-state index contributed by atoms with van der Waals surface area (Å²) in [6.07, 6.45) is 4.99. The van der Waals surface area contributed by atoms with Crippen LogP contribution in [-0.4, -0.2) is 48.6 Å². The van der Waals surface area contributed by atoms with E-state index in [-0.39, 0.29) is 0 Å². The second kappa shape index (κ2) is 8.44. The summed E-state index contributed by atoms with van der Waals surface area (Å²) in [6, 6.07) is 0.714. The second-order valence-corrected chi connectivity index (χ2v) is 7.47. The smallest absolute Gasteiger partial charge is 0.0243 e. The average molecular weight is 273 g/mol. The minimum Gasteiger partial charge on any atom is -0.315 e. The van der Waals surface area contributed by atoms with Crippen LogP contribution in [0.15, 0.2) is 0 Å². The molecule has 108 valence electrons. The zero-order chi connectivity index (χ0) is 13.5. The summed E-state index contributed by atoms with van der Waals surface area (Å²) in [4.78, 5) is 2.71. The Morgan fingerprint density at radius 1 is 1.11 bits per heavy atom. The number of hydrogen-bond acceptors (Lipinski definition) is 3. The maximum absolute atomic E-state index is 3.64. The number of nitrogens with one attached hydrogen (secondary N) is 1. The first-order valence-electron chi connectivity index (χ1n) is 7.52. The Labute approximate surface area is 118 Å². The van der Waals surface area contributed by atoms with Gasteiger partial charge in [0.25, 0.3) is 0 Å². The molecule has 1 fully saturated rings. The largest absolute Gasteiger partial charge is 0.315 e. The molecular formula is C15H32N2S. The van der Waals surface area contributed by atoms with E-state index in [2.05, 4.69) is 44.2 Å². The highest BCUT2D eigenvalue weighted by molar-refractivity contribution is 7.99. The van der Waals surface area contributed by atoms with Crippen LogP contribution >= 0.6 is 11.8 Å². The van der Waals surface area contributed by atoms with Crippen LogP contribution in [0.5, 0.6) is 0 Å². The van der Waals surface area contributed by atoms with E-state index in [9.17, 15) is 0 Å². The summed E-state index contributed by atoms with van der Waals surface area (Å²) in [5, 5.41) is 4.54. The normalized spacial score (nSPS) is 20.8. The van der Waals surface area contributed by atoms with Gasteiger partial charge in [0.05, 0.1) is 0 Å². The summed E-state index contributed by atoms with van der Waals surface area (Å²) in [7, 11) is 0. The number of nitrogens with zero attached hydrogens (tertiary/aromatic N) is 1. The molecule has 0 aromatic heterocycles. The molecule has 1 aliphatic rings. The third kappa shape index (κ3) is 5.50. The minimum absolute atomic E-state index is 0.714. The van der Waals surface area contributed by atoms with Crippen LogP contribution in [-0.2, 0) is 0 Å². The van der Waals surface area contributed by atoms with Crippen LogP contribution in [0, 0.1) is 11.8 Å². The highest BCUT2D eigenvalue weighted by Crippen LogP contribution is 2.24. The molecule has 0 aromatic carbocycles. The summed E-state index contributed by atoms with van der Waals surface area (Å²) in [5.41, 5.74) is 0. The highest BCUT2D eigenvalue weighted by Gasteiger charge is 2.26. The van der Waals surface area contributed by atoms with Gasteiger partial charge in [0.1, 0.15) is 0 Å². The Bertz CT molecular complexity index is 211. The van der Waals surface area contributed by atoms with Crippen molar-refractivity contribution in [3.05, 3.63) is 0 Å². The Balaban J connectivity index is 2.37. The fourth-order valence-corrected chi connectivity index (χ4v) is 3.43. The lowest BCUT2D eigenvalue weighted by Gasteiger charge is -2.39. The fraction of sp³-hybridized carbons (Fsp3) is 1.00. The quantitative estimate of drug-likeness (QED) is 0.767. The van der Waals surface area contributed by atoms with Crippen molar-refractivity contribution in [2.24, 2.45) is 11.8 Å². The van der Waals surface area contributed by atoms with Gasteiger partial charge in [-0.1, -0.05) is 27.7 Å². The molecule has 1 aliphatic heterocycles. The standard InChI is InChI=1S/C15H32N2S/c1-12(2)10-16-11-15(13(3)4)17-8-6-14(18-5)7-9-17/h12-16H,6-11H2,1-5H3. The molecule has 1 heterocycles. The second-order valence-electron chi connectivity index (χ2n) is 6.33. The van der Waals surface area contributed by atoms with E-state index in [1.54, 1.807) is 0 Å². The number of piperidine rings is 1. The lowest BCUT2D eigenvalue weighted by Crippen LogP contribution is -2.49. The Kier molecular flexibility index (Phi) is 7.66. The lowest BCUT2D eigenvalue weighted by molar-refractivity contribution is 0.128. The Morgan fingerprint density at radius 3 is 2.17 bits per heavy atom. The van der Waals surface area contributed by atoms with Crippen molar-refractivity contribution < 1.29 is 0 Å². The lowest BCUT2D eigenvalue weighted by atomic mass is 9.99. The Hall–Kier alpha value is 0.270. The summed E-state index contributed by atoms with van der Waals surface area (Å²) in [5.74, 6) is 1.50. The van der Waals surface area contributed by atoms with Crippen molar-refractivity contribution in [2.75, 3.05) is 32.4 Å². The van der Waals surface area contributed by atoms with E-state index < -0.39 is 0 Å². The van der Waals surface area contributed by atoms with Crippen molar-refractivity contribution in [3.8, 4) is 0 Å². The molecule has 0 amide bonds. The maximum Gasteiger partial charge on any atom is 0.0243 e. The zero-order valence-electron chi connectivity index (χ0n) is 12.9. The van der Waals surface area contributed by atoms with Gasteiger partial charge in [-0.2, -0.15) is 11.8 Å². The van der Waals surface area contributed by atoms with Crippen molar-refractivity contribution in [1.29, 1.82) is 0 Å². The van der Waals surface area contributed by atoms with Crippen molar-refractivity contribution in [2.45, 2.75) is 51.8 Å². The van der Waals surface area contributed by atoms with Crippen molar-refractivity contribution in [3.63, 3.8) is 0 Å². The number of thioether (sulfide) groups is 1. The van der Waals surface area contributed by atoms with E-state index in [4.69, 9.17) is 0 Å². The maximum atomic E-state index is 3.64. The van der Waals surface area contributed by atoms with E-state index in [0.717, 1.165) is 30.2 Å². The van der Waals surface area contributed by atoms with Gasteiger partial charge in [0, 0.05) is 17.8 Å². The summed E-state index contributed by atoms with van der Waals surface area (Å²) < 4.78 is 0. The molecule has 2 nitrogen and oxygen atoms in total. The van der Waals surface area contributed by atoms with E-state index in [0.29, 0.717) is 6.04 Å². The van der Waals surface area contributed by atoms with Gasteiger partial charge >= 0.3 is 0 Å². The van der Waals surface area contributed by atoms with Gasteiger partial charge in [0.2, 0.25) is 0 Å². The summed E-state index contributed by atoms with van der Waals surface area (Å²) in [6.45, 7) is 14.2. The first-order valence-corrected chi connectivity index (χ1v) is 8.81. The SMILES string of the molecule is CSC1CCN(C(CNCC(C)C)C(C)C)CC1. The molecule has 1 saturated heterocycles. The average Bonchev–Trinajstić information content (AvgIpc) is 2.34. The van der Waals surface area contributed by atoms with Crippen LogP contribution in [0.2, 0.25) is 0 Å². The minimum atomic E-state index is 0.714. The van der Waals surface area contributed by atoms with Gasteiger partial charge in [-0.25, -0.2) is 0 Å². The van der Waals surface area contributed by atoms with E-state index >= 15 is 0 Å². The molecule has 0 aromatic rings. The number of rotatable bonds is 7. The predicted molar refractivity (Wildman–Crippen MR) is 84.4 cm³/mol.